The summed E-state index contributed by atoms with van der Waals surface area (Å²) >= 11 is 0. The van der Waals surface area contributed by atoms with Gasteiger partial charge in [0.2, 0.25) is 0 Å². The van der Waals surface area contributed by atoms with Gasteiger partial charge >= 0.3 is 0 Å². The summed E-state index contributed by atoms with van der Waals surface area (Å²) in [4.78, 5) is 13.0. The van der Waals surface area contributed by atoms with Crippen molar-refractivity contribution in [1.29, 1.82) is 0 Å². The normalized spacial score (nSPS) is 50.3. The van der Waals surface area contributed by atoms with E-state index in [1.807, 2.05) is 6.92 Å². The summed E-state index contributed by atoms with van der Waals surface area (Å²) in [5.74, 6) is 4.22. The van der Waals surface area contributed by atoms with Crippen LogP contribution in [0, 0.1) is 40.9 Å². The standard InChI is InChI=1S/C25H40O4/c1-23(27)9-7-17-16(13-23)3-4-19-18(17)8-10-24(2)20(19)5-6-21(24)22(26)14-29-15-25(28)11-12-25/h16-21,27-28H,3-15H2,1-2H3/t16-,17+,18-,19-,20+,21-,23-,24+/m1/s1. The van der Waals surface area contributed by atoms with Gasteiger partial charge in [-0.2, -0.15) is 0 Å². The van der Waals surface area contributed by atoms with Gasteiger partial charge in [-0.3, -0.25) is 4.79 Å². The number of carbonyl (C=O) groups is 1. The fourth-order valence-corrected chi connectivity index (χ4v) is 8.34. The first-order valence-electron chi connectivity index (χ1n) is 12.3. The molecule has 0 aromatic rings. The van der Waals surface area contributed by atoms with Crippen LogP contribution >= 0.6 is 0 Å². The van der Waals surface area contributed by atoms with Crippen molar-refractivity contribution in [2.75, 3.05) is 13.2 Å². The molecule has 8 atom stereocenters. The number of aliphatic hydroxyl groups is 2. The second kappa shape index (κ2) is 7.03. The van der Waals surface area contributed by atoms with E-state index in [1.54, 1.807) is 0 Å². The molecule has 5 aliphatic carbocycles. The Bertz CT molecular complexity index is 653. The number of ether oxygens (including phenoxy) is 1. The van der Waals surface area contributed by atoms with Crippen molar-refractivity contribution in [3.63, 3.8) is 0 Å². The minimum atomic E-state index is -0.635. The highest BCUT2D eigenvalue weighted by atomic mass is 16.5. The van der Waals surface area contributed by atoms with Crippen LogP contribution in [0.3, 0.4) is 0 Å². The van der Waals surface area contributed by atoms with Crippen LogP contribution in [0.2, 0.25) is 0 Å². The average molecular weight is 405 g/mol. The Hall–Kier alpha value is -0.450. The molecule has 164 valence electrons. The molecule has 0 amide bonds. The summed E-state index contributed by atoms with van der Waals surface area (Å²) < 4.78 is 5.63. The number of hydrogen-bond donors (Lipinski definition) is 2. The molecule has 0 bridgehead atoms. The Kier molecular flexibility index (Phi) is 4.96. The summed E-state index contributed by atoms with van der Waals surface area (Å²) in [5.41, 5.74) is -0.940. The number of carbonyl (C=O) groups excluding carboxylic acids is 1. The highest BCUT2D eigenvalue weighted by molar-refractivity contribution is 5.83. The second-order valence-corrected chi connectivity index (χ2v) is 12.0. The zero-order valence-electron chi connectivity index (χ0n) is 18.4. The lowest BCUT2D eigenvalue weighted by molar-refractivity contribution is -0.137. The van der Waals surface area contributed by atoms with Crippen molar-refractivity contribution in [3.05, 3.63) is 0 Å². The van der Waals surface area contributed by atoms with Crippen molar-refractivity contribution in [3.8, 4) is 0 Å². The third-order valence-corrected chi connectivity index (χ3v) is 10.1. The lowest BCUT2D eigenvalue weighted by Gasteiger charge is -2.56. The molecular formula is C25H40O4. The lowest BCUT2D eigenvalue weighted by atomic mass is 9.49. The number of rotatable bonds is 5. The van der Waals surface area contributed by atoms with Gasteiger partial charge in [-0.25, -0.2) is 0 Å². The number of Topliss-reactive ketones (excluding diaryl/α,β-unsaturated/α-hetero) is 1. The number of hydrogen-bond acceptors (Lipinski definition) is 4. The Morgan fingerprint density at radius 3 is 2.41 bits per heavy atom. The fourth-order valence-electron chi connectivity index (χ4n) is 8.34. The van der Waals surface area contributed by atoms with Crippen LogP contribution in [0.4, 0.5) is 0 Å². The van der Waals surface area contributed by atoms with E-state index in [-0.39, 0.29) is 23.7 Å². The molecule has 0 radical (unpaired) electrons. The van der Waals surface area contributed by atoms with Crippen LogP contribution in [-0.2, 0) is 9.53 Å². The topological polar surface area (TPSA) is 66.8 Å². The van der Waals surface area contributed by atoms with Crippen molar-refractivity contribution < 1.29 is 19.7 Å². The van der Waals surface area contributed by atoms with Crippen molar-refractivity contribution in [1.82, 2.24) is 0 Å². The zero-order chi connectivity index (χ0) is 20.4. The monoisotopic (exact) mass is 404 g/mol. The Morgan fingerprint density at radius 2 is 1.66 bits per heavy atom. The number of fused-ring (bicyclic) bond motifs is 5. The first kappa shape index (κ1) is 20.5. The molecule has 0 aromatic heterocycles. The predicted octanol–water partition coefficient (Wildman–Crippen LogP) is 4.12. The quantitative estimate of drug-likeness (QED) is 0.723. The number of ketones is 1. The van der Waals surface area contributed by atoms with Gasteiger partial charge in [-0.15, -0.1) is 0 Å². The molecule has 5 saturated carbocycles. The van der Waals surface area contributed by atoms with Crippen molar-refractivity contribution in [2.24, 2.45) is 40.9 Å². The zero-order valence-corrected chi connectivity index (χ0v) is 18.4. The van der Waals surface area contributed by atoms with Crippen LogP contribution in [0.15, 0.2) is 0 Å². The Labute approximate surface area is 175 Å². The molecule has 29 heavy (non-hydrogen) atoms. The van der Waals surface area contributed by atoms with Gasteiger partial charge in [0.15, 0.2) is 5.78 Å². The molecule has 5 fully saturated rings. The van der Waals surface area contributed by atoms with Gasteiger partial charge in [-0.05, 0) is 113 Å². The maximum Gasteiger partial charge on any atom is 0.162 e. The first-order valence-corrected chi connectivity index (χ1v) is 12.3. The lowest BCUT2D eigenvalue weighted by Crippen LogP contribution is -2.51. The largest absolute Gasteiger partial charge is 0.390 e. The van der Waals surface area contributed by atoms with E-state index in [1.165, 1.54) is 38.5 Å². The summed E-state index contributed by atoms with van der Waals surface area (Å²) in [7, 11) is 0. The van der Waals surface area contributed by atoms with Gasteiger partial charge in [0.1, 0.15) is 6.61 Å². The van der Waals surface area contributed by atoms with Gasteiger partial charge < -0.3 is 14.9 Å². The summed E-state index contributed by atoms with van der Waals surface area (Å²) in [6, 6.07) is 0. The molecule has 0 unspecified atom stereocenters. The molecule has 5 rings (SSSR count). The highest BCUT2D eigenvalue weighted by Gasteiger charge is 2.58. The molecule has 0 heterocycles. The van der Waals surface area contributed by atoms with E-state index in [0.29, 0.717) is 18.4 Å². The maximum atomic E-state index is 13.0. The van der Waals surface area contributed by atoms with Gasteiger partial charge in [0.05, 0.1) is 17.8 Å². The third-order valence-electron chi connectivity index (χ3n) is 10.1. The molecule has 4 nitrogen and oxygen atoms in total. The second-order valence-electron chi connectivity index (χ2n) is 12.0. The van der Waals surface area contributed by atoms with E-state index in [9.17, 15) is 15.0 Å². The molecule has 0 aromatic carbocycles. The molecule has 0 spiro atoms. The minimum Gasteiger partial charge on any atom is -0.390 e. The van der Waals surface area contributed by atoms with E-state index in [4.69, 9.17) is 4.74 Å². The van der Waals surface area contributed by atoms with Crippen LogP contribution < -0.4 is 0 Å². The van der Waals surface area contributed by atoms with Crippen LogP contribution in [0.1, 0.15) is 84.5 Å². The molecule has 0 saturated heterocycles. The molecule has 0 aliphatic heterocycles. The van der Waals surface area contributed by atoms with Crippen LogP contribution in [0.5, 0.6) is 0 Å². The smallest absolute Gasteiger partial charge is 0.162 e. The third kappa shape index (κ3) is 3.61. The average Bonchev–Trinajstić information content (AvgIpc) is 3.28. The van der Waals surface area contributed by atoms with Crippen molar-refractivity contribution in [2.45, 2.75) is 95.7 Å². The van der Waals surface area contributed by atoms with E-state index < -0.39 is 11.2 Å². The molecule has 4 heteroatoms. The van der Waals surface area contributed by atoms with Gasteiger partial charge in [0.25, 0.3) is 0 Å². The Balaban J connectivity index is 1.24. The van der Waals surface area contributed by atoms with Gasteiger partial charge in [-0.1, -0.05) is 6.92 Å². The fraction of sp³-hybridized carbons (Fsp3) is 0.960. The molecular weight excluding hydrogens is 364 g/mol. The van der Waals surface area contributed by atoms with Crippen LogP contribution in [-0.4, -0.2) is 40.4 Å². The summed E-state index contributed by atoms with van der Waals surface area (Å²) in [6.45, 7) is 4.94. The maximum absolute atomic E-state index is 13.0. The van der Waals surface area contributed by atoms with Crippen molar-refractivity contribution >= 4 is 5.78 Å². The summed E-state index contributed by atoms with van der Waals surface area (Å²) in [5, 5.41) is 20.5. The molecule has 2 N–H and O–H groups in total. The van der Waals surface area contributed by atoms with E-state index in [0.717, 1.165) is 49.9 Å². The Morgan fingerprint density at radius 1 is 0.897 bits per heavy atom. The van der Waals surface area contributed by atoms with E-state index in [2.05, 4.69) is 6.92 Å². The first-order chi connectivity index (χ1) is 13.7. The SMILES string of the molecule is C[C@@]1(O)CC[C@H]2[C@H](CC[C@@H]3[C@@H]2CC[C@]2(C)[C@@H](C(=O)COCC4(O)CC4)CC[C@@H]32)C1. The minimum absolute atomic E-state index is 0.144. The predicted molar refractivity (Wildman–Crippen MR) is 111 cm³/mol. The highest BCUT2D eigenvalue weighted by Crippen LogP contribution is 2.64. The summed E-state index contributed by atoms with van der Waals surface area (Å²) in [6.07, 6.45) is 12.0. The van der Waals surface area contributed by atoms with Gasteiger partial charge in [0, 0.05) is 5.92 Å². The van der Waals surface area contributed by atoms with E-state index >= 15 is 0 Å². The molecule has 5 aliphatic rings. The van der Waals surface area contributed by atoms with Crippen LogP contribution in [0.25, 0.3) is 0 Å².